The second-order valence-electron chi connectivity index (χ2n) is 7.53. The highest BCUT2D eigenvalue weighted by Crippen LogP contribution is 2.52. The van der Waals surface area contributed by atoms with Crippen LogP contribution in [0.5, 0.6) is 5.75 Å². The molecule has 1 aliphatic heterocycles. The molecule has 1 heterocycles. The Morgan fingerprint density at radius 3 is 2.72 bits per heavy atom. The lowest BCUT2D eigenvalue weighted by Crippen LogP contribution is -2.49. The van der Waals surface area contributed by atoms with Crippen LogP contribution in [-0.4, -0.2) is 43.7 Å². The van der Waals surface area contributed by atoms with Crippen LogP contribution in [0, 0.1) is 18.3 Å². The third kappa shape index (κ3) is 4.56. The zero-order valence-corrected chi connectivity index (χ0v) is 16.8. The SMILES string of the molecule is CCOC(=O)CN1CCC2(CC1)CC(COc1cccc(Br)c1C)C2. The van der Waals surface area contributed by atoms with Crippen LogP contribution in [0.25, 0.3) is 0 Å². The van der Waals surface area contributed by atoms with E-state index in [9.17, 15) is 4.79 Å². The molecule has 1 saturated carbocycles. The van der Waals surface area contributed by atoms with Crippen molar-refractivity contribution in [3.05, 3.63) is 28.2 Å². The summed E-state index contributed by atoms with van der Waals surface area (Å²) in [4.78, 5) is 13.8. The van der Waals surface area contributed by atoms with Gasteiger partial charge in [-0.3, -0.25) is 9.69 Å². The van der Waals surface area contributed by atoms with Crippen LogP contribution in [0.4, 0.5) is 0 Å². The number of nitrogens with zero attached hydrogens (tertiary/aromatic N) is 1. The summed E-state index contributed by atoms with van der Waals surface area (Å²) in [5.41, 5.74) is 1.66. The first kappa shape index (κ1) is 18.7. The van der Waals surface area contributed by atoms with Crippen LogP contribution in [0.1, 0.15) is 38.2 Å². The van der Waals surface area contributed by atoms with Gasteiger partial charge in [0.1, 0.15) is 5.75 Å². The van der Waals surface area contributed by atoms with Gasteiger partial charge in [0, 0.05) is 10.0 Å². The number of benzene rings is 1. The Morgan fingerprint density at radius 2 is 2.04 bits per heavy atom. The van der Waals surface area contributed by atoms with Gasteiger partial charge in [0.15, 0.2) is 0 Å². The van der Waals surface area contributed by atoms with Crippen molar-refractivity contribution in [3.63, 3.8) is 0 Å². The molecule has 1 saturated heterocycles. The standard InChI is InChI=1S/C20H28BrNO3/c1-3-24-19(23)13-22-9-7-20(8-10-22)11-16(12-20)14-25-18-6-4-5-17(21)15(18)2/h4-6,16H,3,7-14H2,1-2H3. The van der Waals surface area contributed by atoms with Gasteiger partial charge in [0.05, 0.1) is 19.8 Å². The largest absolute Gasteiger partial charge is 0.493 e. The van der Waals surface area contributed by atoms with Crippen molar-refractivity contribution in [2.75, 3.05) is 32.8 Å². The Balaban J connectivity index is 1.39. The number of esters is 1. The van der Waals surface area contributed by atoms with Crippen LogP contribution in [0.15, 0.2) is 22.7 Å². The van der Waals surface area contributed by atoms with E-state index in [1.807, 2.05) is 25.1 Å². The van der Waals surface area contributed by atoms with Crippen molar-refractivity contribution < 1.29 is 14.3 Å². The number of hydrogen-bond donors (Lipinski definition) is 0. The van der Waals surface area contributed by atoms with E-state index in [1.54, 1.807) is 0 Å². The van der Waals surface area contributed by atoms with Gasteiger partial charge < -0.3 is 9.47 Å². The normalized spacial score (nSPS) is 20.3. The van der Waals surface area contributed by atoms with Crippen molar-refractivity contribution in [3.8, 4) is 5.75 Å². The Bertz CT molecular complexity index is 603. The minimum Gasteiger partial charge on any atom is -0.493 e. The van der Waals surface area contributed by atoms with Gasteiger partial charge in [-0.1, -0.05) is 22.0 Å². The molecule has 0 atom stereocenters. The van der Waals surface area contributed by atoms with Crippen LogP contribution < -0.4 is 4.74 Å². The molecule has 1 aliphatic carbocycles. The molecular weight excluding hydrogens is 382 g/mol. The summed E-state index contributed by atoms with van der Waals surface area (Å²) in [6.07, 6.45) is 4.90. The summed E-state index contributed by atoms with van der Waals surface area (Å²) < 4.78 is 12.2. The van der Waals surface area contributed by atoms with E-state index in [-0.39, 0.29) is 5.97 Å². The summed E-state index contributed by atoms with van der Waals surface area (Å²) in [6, 6.07) is 6.11. The van der Waals surface area contributed by atoms with E-state index in [0.717, 1.165) is 29.9 Å². The highest BCUT2D eigenvalue weighted by atomic mass is 79.9. The number of ether oxygens (including phenoxy) is 2. The highest BCUT2D eigenvalue weighted by Gasteiger charge is 2.46. The number of carbonyl (C=O) groups excluding carboxylic acids is 1. The van der Waals surface area contributed by atoms with Gasteiger partial charge in [-0.05, 0) is 76.1 Å². The van der Waals surface area contributed by atoms with Crippen molar-refractivity contribution in [1.82, 2.24) is 4.90 Å². The fourth-order valence-corrected chi connectivity index (χ4v) is 4.57. The monoisotopic (exact) mass is 409 g/mol. The third-order valence-corrected chi connectivity index (χ3v) is 6.57. The maximum absolute atomic E-state index is 11.6. The molecule has 0 N–H and O–H groups in total. The van der Waals surface area contributed by atoms with Crippen molar-refractivity contribution in [2.45, 2.75) is 39.5 Å². The number of rotatable bonds is 6. The quantitative estimate of drug-likeness (QED) is 0.660. The van der Waals surface area contributed by atoms with Gasteiger partial charge in [0.2, 0.25) is 0 Å². The summed E-state index contributed by atoms with van der Waals surface area (Å²) >= 11 is 3.56. The molecule has 138 valence electrons. The second-order valence-corrected chi connectivity index (χ2v) is 8.38. The van der Waals surface area contributed by atoms with Crippen molar-refractivity contribution in [2.24, 2.45) is 11.3 Å². The molecule has 0 aromatic heterocycles. The number of halogens is 1. The number of hydrogen-bond acceptors (Lipinski definition) is 4. The molecule has 0 bridgehead atoms. The Hall–Kier alpha value is -1.07. The van der Waals surface area contributed by atoms with Crippen LogP contribution in [-0.2, 0) is 9.53 Å². The molecule has 1 spiro atoms. The highest BCUT2D eigenvalue weighted by molar-refractivity contribution is 9.10. The lowest BCUT2D eigenvalue weighted by atomic mass is 9.58. The smallest absolute Gasteiger partial charge is 0.320 e. The Kier molecular flexibility index (Phi) is 6.05. The van der Waals surface area contributed by atoms with Gasteiger partial charge in [-0.15, -0.1) is 0 Å². The van der Waals surface area contributed by atoms with E-state index in [4.69, 9.17) is 9.47 Å². The zero-order chi connectivity index (χ0) is 17.9. The van der Waals surface area contributed by atoms with Gasteiger partial charge in [-0.2, -0.15) is 0 Å². The predicted molar refractivity (Wildman–Crippen MR) is 102 cm³/mol. The first-order valence-corrected chi connectivity index (χ1v) is 10.1. The Morgan fingerprint density at radius 1 is 1.32 bits per heavy atom. The van der Waals surface area contributed by atoms with Gasteiger partial charge >= 0.3 is 5.97 Å². The molecule has 1 aromatic rings. The summed E-state index contributed by atoms with van der Waals surface area (Å²) in [7, 11) is 0. The molecule has 0 amide bonds. The van der Waals surface area contributed by atoms with Crippen molar-refractivity contribution >= 4 is 21.9 Å². The fourth-order valence-electron chi connectivity index (χ4n) is 4.22. The molecule has 3 rings (SSSR count). The van der Waals surface area contributed by atoms with Crippen LogP contribution in [0.2, 0.25) is 0 Å². The maximum Gasteiger partial charge on any atom is 0.320 e. The topological polar surface area (TPSA) is 38.8 Å². The lowest BCUT2D eigenvalue weighted by Gasteiger charge is -2.52. The lowest BCUT2D eigenvalue weighted by molar-refractivity contribution is -0.145. The number of likely N-dealkylation sites (tertiary alicyclic amines) is 1. The molecule has 0 unspecified atom stereocenters. The van der Waals surface area contributed by atoms with E-state index in [0.29, 0.717) is 24.5 Å². The zero-order valence-electron chi connectivity index (χ0n) is 15.2. The molecule has 5 heteroatoms. The minimum absolute atomic E-state index is 0.0947. The molecule has 1 aromatic carbocycles. The number of piperidine rings is 1. The number of carbonyl (C=O) groups is 1. The van der Waals surface area contributed by atoms with Crippen LogP contribution in [0.3, 0.4) is 0 Å². The van der Waals surface area contributed by atoms with E-state index in [2.05, 4.69) is 27.8 Å². The van der Waals surface area contributed by atoms with E-state index in [1.165, 1.54) is 31.2 Å². The average molecular weight is 410 g/mol. The maximum atomic E-state index is 11.6. The first-order chi connectivity index (χ1) is 12.0. The van der Waals surface area contributed by atoms with Crippen LogP contribution >= 0.6 is 15.9 Å². The van der Waals surface area contributed by atoms with Gasteiger partial charge in [-0.25, -0.2) is 0 Å². The summed E-state index contributed by atoms with van der Waals surface area (Å²) in [5, 5.41) is 0. The Labute approximate surface area is 159 Å². The molecule has 2 fully saturated rings. The summed E-state index contributed by atoms with van der Waals surface area (Å²) in [6.45, 7) is 7.68. The van der Waals surface area contributed by atoms with E-state index >= 15 is 0 Å². The molecular formula is C20H28BrNO3. The first-order valence-electron chi connectivity index (χ1n) is 9.27. The molecule has 2 aliphatic rings. The van der Waals surface area contributed by atoms with E-state index < -0.39 is 0 Å². The summed E-state index contributed by atoms with van der Waals surface area (Å²) in [5.74, 6) is 1.55. The molecule has 4 nitrogen and oxygen atoms in total. The minimum atomic E-state index is -0.0947. The average Bonchev–Trinajstić information content (AvgIpc) is 2.56. The second kappa shape index (κ2) is 8.09. The predicted octanol–water partition coefficient (Wildman–Crippen LogP) is 4.19. The molecule has 0 radical (unpaired) electrons. The van der Waals surface area contributed by atoms with Gasteiger partial charge in [0.25, 0.3) is 0 Å². The fraction of sp³-hybridized carbons (Fsp3) is 0.650. The third-order valence-electron chi connectivity index (χ3n) is 5.71. The van der Waals surface area contributed by atoms with Crippen molar-refractivity contribution in [1.29, 1.82) is 0 Å². The molecule has 25 heavy (non-hydrogen) atoms.